The van der Waals surface area contributed by atoms with Crippen LogP contribution in [0.2, 0.25) is 5.02 Å². The molecule has 166 valence electrons. The number of rotatable bonds is 5. The lowest BCUT2D eigenvalue weighted by molar-refractivity contribution is -0.142. The molecular formula is C20H19ClF3N3O4. The largest absolute Gasteiger partial charge is 0.466 e. The van der Waals surface area contributed by atoms with Crippen LogP contribution in [0.1, 0.15) is 29.8 Å². The highest BCUT2D eigenvalue weighted by Crippen LogP contribution is 2.39. The molecule has 1 heterocycles. The molecule has 0 aliphatic heterocycles. The number of hydrogen-bond acceptors (Lipinski definition) is 6. The van der Waals surface area contributed by atoms with E-state index < -0.39 is 23.8 Å². The topological polar surface area (TPSA) is 82.5 Å². The zero-order chi connectivity index (χ0) is 22.8. The van der Waals surface area contributed by atoms with Crippen LogP contribution in [-0.2, 0) is 38.1 Å². The summed E-state index contributed by atoms with van der Waals surface area (Å²) in [5.41, 5.74) is -0.398. The van der Waals surface area contributed by atoms with Crippen molar-refractivity contribution >= 4 is 29.2 Å². The Morgan fingerprint density at radius 3 is 2.55 bits per heavy atom. The zero-order valence-corrected chi connectivity index (χ0v) is 17.4. The lowest BCUT2D eigenvalue weighted by Crippen LogP contribution is -2.17. The summed E-state index contributed by atoms with van der Waals surface area (Å²) in [6.45, 7) is 0. The highest BCUT2D eigenvalue weighted by Gasteiger charge is 2.40. The van der Waals surface area contributed by atoms with Crippen molar-refractivity contribution in [1.82, 2.24) is 9.78 Å². The van der Waals surface area contributed by atoms with Crippen LogP contribution < -0.4 is 5.32 Å². The van der Waals surface area contributed by atoms with E-state index in [-0.39, 0.29) is 34.1 Å². The highest BCUT2D eigenvalue weighted by atomic mass is 35.5. The van der Waals surface area contributed by atoms with Gasteiger partial charge >= 0.3 is 18.1 Å². The summed E-state index contributed by atoms with van der Waals surface area (Å²) in [7, 11) is 2.25. The van der Waals surface area contributed by atoms with Crippen LogP contribution in [-0.4, -0.2) is 35.9 Å². The van der Waals surface area contributed by atoms with Crippen LogP contribution in [0.5, 0.6) is 0 Å². The van der Waals surface area contributed by atoms with Crippen LogP contribution in [0.15, 0.2) is 30.0 Å². The molecule has 1 aliphatic carbocycles. The van der Waals surface area contributed by atoms with Crippen molar-refractivity contribution in [3.05, 3.63) is 51.9 Å². The fourth-order valence-corrected chi connectivity index (χ4v) is 3.68. The lowest BCUT2D eigenvalue weighted by Gasteiger charge is -2.18. The molecule has 11 heteroatoms. The van der Waals surface area contributed by atoms with Crippen molar-refractivity contribution < 1.29 is 32.2 Å². The van der Waals surface area contributed by atoms with Crippen molar-refractivity contribution in [1.29, 1.82) is 0 Å². The second-order valence-electron chi connectivity index (χ2n) is 6.72. The van der Waals surface area contributed by atoms with Crippen molar-refractivity contribution in [3.8, 4) is 5.69 Å². The summed E-state index contributed by atoms with van der Waals surface area (Å²) in [5, 5.41) is 6.67. The van der Waals surface area contributed by atoms with Crippen molar-refractivity contribution in [2.75, 3.05) is 19.5 Å². The number of methoxy groups -OCH3 is 2. The number of ether oxygens (including phenoxy) is 2. The summed E-state index contributed by atoms with van der Waals surface area (Å²) in [6, 6.07) is 4.54. The van der Waals surface area contributed by atoms with Crippen molar-refractivity contribution in [2.24, 2.45) is 0 Å². The van der Waals surface area contributed by atoms with Gasteiger partial charge in [-0.3, -0.25) is 0 Å². The summed E-state index contributed by atoms with van der Waals surface area (Å²) in [4.78, 5) is 23.7. The minimum atomic E-state index is -4.62. The molecule has 0 fully saturated rings. The maximum Gasteiger partial charge on any atom is 0.435 e. The van der Waals surface area contributed by atoms with E-state index >= 15 is 0 Å². The zero-order valence-electron chi connectivity index (χ0n) is 16.7. The average Bonchev–Trinajstić information content (AvgIpc) is 3.12. The molecule has 0 saturated heterocycles. The third-order valence-corrected chi connectivity index (χ3v) is 5.09. The quantitative estimate of drug-likeness (QED) is 0.538. The molecule has 0 radical (unpaired) electrons. The maximum absolute atomic E-state index is 13.6. The first-order valence-corrected chi connectivity index (χ1v) is 9.67. The predicted molar refractivity (Wildman–Crippen MR) is 106 cm³/mol. The number of carbonyl (C=O) groups excluding carboxylic acids is 2. The molecular weight excluding hydrogens is 439 g/mol. The van der Waals surface area contributed by atoms with Crippen LogP contribution in [0.4, 0.5) is 18.9 Å². The number of aromatic nitrogens is 2. The first kappa shape index (κ1) is 22.7. The highest BCUT2D eigenvalue weighted by molar-refractivity contribution is 6.33. The molecule has 0 amide bonds. The smallest absolute Gasteiger partial charge is 0.435 e. The van der Waals surface area contributed by atoms with E-state index in [2.05, 4.69) is 19.9 Å². The number of nitrogens with zero attached hydrogens (tertiary/aromatic N) is 2. The van der Waals surface area contributed by atoms with Crippen molar-refractivity contribution in [2.45, 2.75) is 31.9 Å². The van der Waals surface area contributed by atoms with Gasteiger partial charge in [-0.15, -0.1) is 0 Å². The monoisotopic (exact) mass is 457 g/mol. The van der Waals surface area contributed by atoms with E-state index in [1.165, 1.54) is 12.1 Å². The van der Waals surface area contributed by atoms with Gasteiger partial charge in [-0.25, -0.2) is 14.3 Å². The minimum Gasteiger partial charge on any atom is -0.466 e. The molecule has 1 N–H and O–H groups in total. The van der Waals surface area contributed by atoms with Crippen molar-refractivity contribution in [3.63, 3.8) is 0 Å². The van der Waals surface area contributed by atoms with E-state index in [1.807, 2.05) is 0 Å². The molecule has 0 atom stereocenters. The molecule has 1 aromatic heterocycles. The minimum absolute atomic E-state index is 0.108. The third-order valence-electron chi connectivity index (χ3n) is 4.79. The number of alkyl halides is 3. The van der Waals surface area contributed by atoms with Crippen LogP contribution in [0.3, 0.4) is 0 Å². The Bertz CT molecular complexity index is 1050. The molecule has 31 heavy (non-hydrogen) atoms. The molecule has 0 saturated carbocycles. The summed E-state index contributed by atoms with van der Waals surface area (Å²) in [5.74, 6) is -1.71. The molecule has 1 aliphatic rings. The van der Waals surface area contributed by atoms with Gasteiger partial charge in [0.25, 0.3) is 0 Å². The standard InChI is InChI=1S/C20H19ClF3N3O4/c1-30-16(28)10-14(19(29)31-2)25-13-8-5-7-12(21)17(13)27-15-9-4-3-6-11(15)18(26-27)20(22,23)24/h5,7-8,10,25H,3-4,6,9H2,1-2H3/b14-10+. The number of carbonyl (C=O) groups is 2. The molecule has 0 spiro atoms. The van der Waals surface area contributed by atoms with Gasteiger partial charge in [0.15, 0.2) is 5.69 Å². The number of nitrogens with one attached hydrogen (secondary N) is 1. The lowest BCUT2D eigenvalue weighted by atomic mass is 9.95. The van der Waals surface area contributed by atoms with E-state index in [9.17, 15) is 22.8 Å². The number of esters is 2. The Kier molecular flexibility index (Phi) is 6.59. The van der Waals surface area contributed by atoms with Crippen LogP contribution in [0, 0.1) is 0 Å². The SMILES string of the molecule is COC(=O)/C=C(/Nc1cccc(Cl)c1-n1nc(C(F)(F)F)c2c1CCCC2)C(=O)OC. The van der Waals surface area contributed by atoms with E-state index in [1.54, 1.807) is 6.07 Å². The van der Waals surface area contributed by atoms with E-state index in [0.29, 0.717) is 25.0 Å². The second-order valence-corrected chi connectivity index (χ2v) is 7.13. The number of hydrogen-bond donors (Lipinski definition) is 1. The van der Waals surface area contributed by atoms with E-state index in [0.717, 1.165) is 25.0 Å². The van der Waals surface area contributed by atoms with Gasteiger partial charge in [-0.05, 0) is 37.8 Å². The Labute approximate surface area is 180 Å². The average molecular weight is 458 g/mol. The summed E-state index contributed by atoms with van der Waals surface area (Å²) < 4.78 is 51.2. The molecule has 0 bridgehead atoms. The molecule has 7 nitrogen and oxygen atoms in total. The Balaban J connectivity index is 2.17. The summed E-state index contributed by atoms with van der Waals surface area (Å²) in [6.07, 6.45) is -1.76. The fraction of sp³-hybridized carbons (Fsp3) is 0.350. The first-order chi connectivity index (χ1) is 14.7. The number of benzene rings is 1. The van der Waals surface area contributed by atoms with Gasteiger partial charge in [0.2, 0.25) is 0 Å². The molecule has 1 aromatic carbocycles. The van der Waals surface area contributed by atoms with Crippen LogP contribution >= 0.6 is 11.6 Å². The molecule has 2 aromatic rings. The van der Waals surface area contributed by atoms with E-state index in [4.69, 9.17) is 11.6 Å². The van der Waals surface area contributed by atoms with Gasteiger partial charge in [0, 0.05) is 11.3 Å². The number of para-hydroxylation sites is 1. The van der Waals surface area contributed by atoms with Gasteiger partial charge in [-0.2, -0.15) is 18.3 Å². The Morgan fingerprint density at radius 2 is 1.90 bits per heavy atom. The fourth-order valence-electron chi connectivity index (χ4n) is 3.42. The van der Waals surface area contributed by atoms with Gasteiger partial charge < -0.3 is 14.8 Å². The normalized spacial score (nSPS) is 14.1. The first-order valence-electron chi connectivity index (χ1n) is 9.29. The predicted octanol–water partition coefficient (Wildman–Crippen LogP) is 4.07. The number of anilines is 1. The van der Waals surface area contributed by atoms with Crippen LogP contribution in [0.25, 0.3) is 5.69 Å². The second kappa shape index (κ2) is 9.01. The summed E-state index contributed by atoms with van der Waals surface area (Å²) >= 11 is 6.35. The maximum atomic E-state index is 13.6. The molecule has 0 unspecified atom stereocenters. The van der Waals surface area contributed by atoms with Gasteiger partial charge in [-0.1, -0.05) is 17.7 Å². The Hall–Kier alpha value is -3.01. The number of halogens is 4. The molecule has 3 rings (SSSR count). The third kappa shape index (κ3) is 4.68. The number of fused-ring (bicyclic) bond motifs is 1. The Morgan fingerprint density at radius 1 is 1.19 bits per heavy atom. The van der Waals surface area contributed by atoms with Gasteiger partial charge in [0.05, 0.1) is 31.0 Å². The van der Waals surface area contributed by atoms with Gasteiger partial charge in [0.1, 0.15) is 11.4 Å².